The average molecular weight is 317 g/mol. The maximum atomic E-state index is 13.6. The van der Waals surface area contributed by atoms with Crippen LogP contribution in [0.4, 0.5) is 8.78 Å². The Morgan fingerprint density at radius 3 is 2.26 bits per heavy atom. The van der Waals surface area contributed by atoms with Crippen LogP contribution in [-0.4, -0.2) is 29.6 Å². The van der Waals surface area contributed by atoms with Crippen molar-refractivity contribution < 1.29 is 18.3 Å². The molecule has 1 amide bonds. The number of alkyl halides is 2. The molecule has 3 nitrogen and oxygen atoms in total. The molecule has 1 saturated heterocycles. The molecule has 0 aliphatic carbocycles. The van der Waals surface area contributed by atoms with Gasteiger partial charge in [0.25, 0.3) is 12.3 Å². The standard InChI is InChI=1S/C18H17F2NO2/c1-18(17(19)20)21(16(22)14-10-6-3-7-11-14)15(12-23-18)13-8-4-2-5-9-13/h2-11,15,17H,12H2,1H3/t15-,18-/m0/s1. The van der Waals surface area contributed by atoms with E-state index in [0.29, 0.717) is 5.56 Å². The summed E-state index contributed by atoms with van der Waals surface area (Å²) in [5.74, 6) is -0.459. The first-order valence-electron chi connectivity index (χ1n) is 7.40. The Balaban J connectivity index is 2.03. The van der Waals surface area contributed by atoms with Gasteiger partial charge in [0.15, 0.2) is 0 Å². The minimum Gasteiger partial charge on any atom is -0.348 e. The van der Waals surface area contributed by atoms with Crippen molar-refractivity contribution in [3.63, 3.8) is 0 Å². The van der Waals surface area contributed by atoms with Gasteiger partial charge in [-0.2, -0.15) is 0 Å². The average Bonchev–Trinajstić information content (AvgIpc) is 2.95. The van der Waals surface area contributed by atoms with Crippen LogP contribution in [0.1, 0.15) is 28.9 Å². The zero-order valence-electron chi connectivity index (χ0n) is 12.7. The highest BCUT2D eigenvalue weighted by molar-refractivity contribution is 5.95. The van der Waals surface area contributed by atoms with Crippen LogP contribution in [0.15, 0.2) is 60.7 Å². The van der Waals surface area contributed by atoms with Crippen molar-refractivity contribution in [2.45, 2.75) is 25.1 Å². The Morgan fingerprint density at radius 2 is 1.70 bits per heavy atom. The smallest absolute Gasteiger partial charge is 0.285 e. The number of halogens is 2. The van der Waals surface area contributed by atoms with Gasteiger partial charge < -0.3 is 4.74 Å². The summed E-state index contributed by atoms with van der Waals surface area (Å²) in [7, 11) is 0. The molecule has 0 bridgehead atoms. The predicted octanol–water partition coefficient (Wildman–Crippen LogP) is 3.88. The fraction of sp³-hybridized carbons (Fsp3) is 0.278. The molecule has 1 heterocycles. The summed E-state index contributed by atoms with van der Waals surface area (Å²) < 4.78 is 32.6. The van der Waals surface area contributed by atoms with Crippen LogP contribution in [0.2, 0.25) is 0 Å². The Labute approximate surface area is 133 Å². The molecule has 23 heavy (non-hydrogen) atoms. The van der Waals surface area contributed by atoms with E-state index in [1.165, 1.54) is 11.8 Å². The number of carbonyl (C=O) groups excluding carboxylic acids is 1. The number of rotatable bonds is 3. The molecule has 0 N–H and O–H groups in total. The van der Waals surface area contributed by atoms with Gasteiger partial charge in [-0.25, -0.2) is 8.78 Å². The van der Waals surface area contributed by atoms with E-state index in [2.05, 4.69) is 0 Å². The van der Waals surface area contributed by atoms with Crippen LogP contribution in [0, 0.1) is 0 Å². The maximum absolute atomic E-state index is 13.6. The lowest BCUT2D eigenvalue weighted by Gasteiger charge is -2.36. The summed E-state index contributed by atoms with van der Waals surface area (Å²) in [5, 5.41) is 0. The molecule has 120 valence electrons. The molecule has 1 fully saturated rings. The highest BCUT2D eigenvalue weighted by atomic mass is 19.3. The lowest BCUT2D eigenvalue weighted by Crippen LogP contribution is -2.51. The van der Waals surface area contributed by atoms with Crippen molar-refractivity contribution in [2.75, 3.05) is 6.61 Å². The highest BCUT2D eigenvalue weighted by Crippen LogP contribution is 2.41. The zero-order chi connectivity index (χ0) is 16.4. The first kappa shape index (κ1) is 15.6. The number of benzene rings is 2. The second kappa shape index (κ2) is 6.08. The van der Waals surface area contributed by atoms with E-state index >= 15 is 0 Å². The number of hydrogen-bond donors (Lipinski definition) is 0. The molecule has 2 aromatic carbocycles. The van der Waals surface area contributed by atoms with Crippen LogP contribution < -0.4 is 0 Å². The molecule has 0 radical (unpaired) electrons. The van der Waals surface area contributed by atoms with E-state index in [4.69, 9.17) is 4.74 Å². The molecule has 3 rings (SSSR count). The van der Waals surface area contributed by atoms with Gasteiger partial charge in [0, 0.05) is 5.56 Å². The van der Waals surface area contributed by atoms with E-state index in [1.807, 2.05) is 30.3 Å². The molecular weight excluding hydrogens is 300 g/mol. The molecule has 1 aliphatic rings. The summed E-state index contributed by atoms with van der Waals surface area (Å²) in [4.78, 5) is 14.0. The van der Waals surface area contributed by atoms with Crippen molar-refractivity contribution in [1.29, 1.82) is 0 Å². The zero-order valence-corrected chi connectivity index (χ0v) is 12.7. The van der Waals surface area contributed by atoms with E-state index in [-0.39, 0.29) is 6.61 Å². The van der Waals surface area contributed by atoms with Crippen LogP contribution in [0.3, 0.4) is 0 Å². The minimum absolute atomic E-state index is 0.0451. The van der Waals surface area contributed by atoms with Crippen LogP contribution in [-0.2, 0) is 4.74 Å². The Morgan fingerprint density at radius 1 is 1.13 bits per heavy atom. The second-order valence-electron chi connectivity index (χ2n) is 5.63. The lowest BCUT2D eigenvalue weighted by molar-refractivity contribution is -0.151. The molecule has 1 aliphatic heterocycles. The van der Waals surface area contributed by atoms with Crippen LogP contribution >= 0.6 is 0 Å². The summed E-state index contributed by atoms with van der Waals surface area (Å²) in [5.41, 5.74) is -0.792. The van der Waals surface area contributed by atoms with Crippen molar-refractivity contribution in [3.8, 4) is 0 Å². The third kappa shape index (κ3) is 2.72. The third-order valence-electron chi connectivity index (χ3n) is 4.15. The maximum Gasteiger partial charge on any atom is 0.285 e. The van der Waals surface area contributed by atoms with Gasteiger partial charge in [0.2, 0.25) is 5.72 Å². The molecule has 0 spiro atoms. The van der Waals surface area contributed by atoms with Crippen LogP contribution in [0.25, 0.3) is 0 Å². The van der Waals surface area contributed by atoms with Crippen molar-refractivity contribution >= 4 is 5.91 Å². The van der Waals surface area contributed by atoms with Gasteiger partial charge >= 0.3 is 0 Å². The summed E-state index contributed by atoms with van der Waals surface area (Å²) in [6, 6.07) is 17.0. The van der Waals surface area contributed by atoms with Gasteiger partial charge in [-0.05, 0) is 24.6 Å². The second-order valence-corrected chi connectivity index (χ2v) is 5.63. The summed E-state index contributed by atoms with van der Waals surface area (Å²) in [6.07, 6.45) is -2.80. The van der Waals surface area contributed by atoms with Crippen molar-refractivity contribution in [2.24, 2.45) is 0 Å². The van der Waals surface area contributed by atoms with E-state index < -0.39 is 24.1 Å². The van der Waals surface area contributed by atoms with Gasteiger partial charge in [0.1, 0.15) is 0 Å². The number of nitrogens with zero attached hydrogens (tertiary/aromatic N) is 1. The van der Waals surface area contributed by atoms with E-state index in [9.17, 15) is 13.6 Å². The Bertz CT molecular complexity index is 678. The van der Waals surface area contributed by atoms with E-state index in [0.717, 1.165) is 5.56 Å². The summed E-state index contributed by atoms with van der Waals surface area (Å²) in [6.45, 7) is 1.31. The molecule has 2 atom stereocenters. The van der Waals surface area contributed by atoms with Gasteiger partial charge in [-0.3, -0.25) is 9.69 Å². The number of hydrogen-bond acceptors (Lipinski definition) is 2. The van der Waals surface area contributed by atoms with Gasteiger partial charge in [-0.1, -0.05) is 48.5 Å². The quantitative estimate of drug-likeness (QED) is 0.860. The third-order valence-corrected chi connectivity index (χ3v) is 4.15. The molecule has 5 heteroatoms. The molecular formula is C18H17F2NO2. The van der Waals surface area contributed by atoms with Gasteiger partial charge in [0.05, 0.1) is 12.6 Å². The fourth-order valence-corrected chi connectivity index (χ4v) is 2.85. The molecule has 0 unspecified atom stereocenters. The predicted molar refractivity (Wildman–Crippen MR) is 82.2 cm³/mol. The van der Waals surface area contributed by atoms with Crippen LogP contribution in [0.5, 0.6) is 0 Å². The normalized spacial score (nSPS) is 24.2. The van der Waals surface area contributed by atoms with Crippen molar-refractivity contribution in [3.05, 3.63) is 71.8 Å². The van der Waals surface area contributed by atoms with E-state index in [1.54, 1.807) is 30.3 Å². The fourth-order valence-electron chi connectivity index (χ4n) is 2.85. The molecule has 0 saturated carbocycles. The summed E-state index contributed by atoms with van der Waals surface area (Å²) >= 11 is 0. The Hall–Kier alpha value is -2.27. The Kier molecular flexibility index (Phi) is 4.13. The number of ether oxygens (including phenoxy) is 1. The van der Waals surface area contributed by atoms with Gasteiger partial charge in [-0.15, -0.1) is 0 Å². The number of carbonyl (C=O) groups is 1. The first-order valence-corrected chi connectivity index (χ1v) is 7.40. The molecule has 0 aromatic heterocycles. The SMILES string of the molecule is C[C@@]1(C(F)F)OC[C@@H](c2ccccc2)N1C(=O)c1ccccc1. The number of amides is 1. The largest absolute Gasteiger partial charge is 0.348 e. The lowest BCUT2D eigenvalue weighted by atomic mass is 10.0. The monoisotopic (exact) mass is 317 g/mol. The first-order chi connectivity index (χ1) is 11.0. The minimum atomic E-state index is -2.80. The molecule has 2 aromatic rings. The van der Waals surface area contributed by atoms with Crippen molar-refractivity contribution in [1.82, 2.24) is 4.90 Å². The highest BCUT2D eigenvalue weighted by Gasteiger charge is 2.53. The topological polar surface area (TPSA) is 29.5 Å².